The van der Waals surface area contributed by atoms with E-state index in [1.807, 2.05) is 0 Å². The van der Waals surface area contributed by atoms with E-state index in [1.54, 1.807) is 12.1 Å². The van der Waals surface area contributed by atoms with Crippen LogP contribution in [-0.4, -0.2) is 12.2 Å². The number of benzene rings is 1. The number of nitrogens with two attached hydrogens (primary N) is 1. The predicted molar refractivity (Wildman–Crippen MR) is 48.6 cm³/mol. The monoisotopic (exact) mass is 185 g/mol. The zero-order valence-corrected chi connectivity index (χ0v) is 7.50. The summed E-state index contributed by atoms with van der Waals surface area (Å²) < 4.78 is 25.3. The van der Waals surface area contributed by atoms with E-state index in [-0.39, 0.29) is 5.82 Å². The minimum Gasteiger partial charge on any atom is -0.325 e. The lowest BCUT2D eigenvalue weighted by molar-refractivity contribution is 0.304. The molecule has 0 spiro atoms. The molecule has 0 aliphatic heterocycles. The van der Waals surface area contributed by atoms with E-state index in [0.29, 0.717) is 6.42 Å². The Morgan fingerprint density at radius 3 is 2.69 bits per heavy atom. The van der Waals surface area contributed by atoms with Crippen LogP contribution < -0.4 is 5.73 Å². The van der Waals surface area contributed by atoms with Crippen LogP contribution >= 0.6 is 0 Å². The third-order valence-electron chi connectivity index (χ3n) is 1.95. The summed E-state index contributed by atoms with van der Waals surface area (Å²) in [6.45, 7) is 1.41. The smallest absolute Gasteiger partial charge is 0.123 e. The molecule has 13 heavy (non-hydrogen) atoms. The van der Waals surface area contributed by atoms with Crippen molar-refractivity contribution in [2.45, 2.75) is 25.6 Å². The standard InChI is InChI=1S/C10H13F2N/c1-7(11)10(13)6-8-3-2-4-9(12)5-8/h2-5,7,10H,6,13H2,1H3. The Kier molecular flexibility index (Phi) is 3.37. The van der Waals surface area contributed by atoms with E-state index in [1.165, 1.54) is 19.1 Å². The first kappa shape index (κ1) is 10.1. The topological polar surface area (TPSA) is 26.0 Å². The number of alkyl halides is 1. The van der Waals surface area contributed by atoms with E-state index >= 15 is 0 Å². The van der Waals surface area contributed by atoms with Crippen molar-refractivity contribution < 1.29 is 8.78 Å². The van der Waals surface area contributed by atoms with Gasteiger partial charge in [0.25, 0.3) is 0 Å². The number of halogens is 2. The van der Waals surface area contributed by atoms with E-state index in [4.69, 9.17) is 5.73 Å². The molecule has 0 amide bonds. The fourth-order valence-electron chi connectivity index (χ4n) is 1.10. The van der Waals surface area contributed by atoms with Gasteiger partial charge in [-0.05, 0) is 31.0 Å². The zero-order chi connectivity index (χ0) is 9.84. The molecule has 1 aromatic rings. The lowest BCUT2D eigenvalue weighted by Gasteiger charge is -2.12. The van der Waals surface area contributed by atoms with Gasteiger partial charge in [0, 0.05) is 6.04 Å². The first-order valence-corrected chi connectivity index (χ1v) is 4.23. The molecule has 2 unspecified atom stereocenters. The molecule has 0 fully saturated rings. The first-order chi connectivity index (χ1) is 6.09. The van der Waals surface area contributed by atoms with Crippen LogP contribution in [0.2, 0.25) is 0 Å². The van der Waals surface area contributed by atoms with Crippen LogP contribution in [-0.2, 0) is 6.42 Å². The van der Waals surface area contributed by atoms with Gasteiger partial charge in [-0.1, -0.05) is 12.1 Å². The van der Waals surface area contributed by atoms with Crippen LogP contribution in [0.5, 0.6) is 0 Å². The van der Waals surface area contributed by atoms with Gasteiger partial charge in [-0.15, -0.1) is 0 Å². The second-order valence-electron chi connectivity index (χ2n) is 3.18. The SMILES string of the molecule is CC(F)C(N)Cc1cccc(F)c1. The summed E-state index contributed by atoms with van der Waals surface area (Å²) in [4.78, 5) is 0. The number of hydrogen-bond donors (Lipinski definition) is 1. The molecule has 0 bridgehead atoms. The maximum absolute atomic E-state index is 12.7. The number of hydrogen-bond acceptors (Lipinski definition) is 1. The van der Waals surface area contributed by atoms with Crippen molar-refractivity contribution in [2.24, 2.45) is 5.73 Å². The highest BCUT2D eigenvalue weighted by Gasteiger charge is 2.11. The van der Waals surface area contributed by atoms with Crippen molar-refractivity contribution in [3.63, 3.8) is 0 Å². The second-order valence-corrected chi connectivity index (χ2v) is 3.18. The molecule has 0 saturated heterocycles. The summed E-state index contributed by atoms with van der Waals surface area (Å²) in [5, 5.41) is 0. The summed E-state index contributed by atoms with van der Waals surface area (Å²) in [7, 11) is 0. The molecule has 0 aromatic heterocycles. The van der Waals surface area contributed by atoms with E-state index in [0.717, 1.165) is 5.56 Å². The highest BCUT2D eigenvalue weighted by Crippen LogP contribution is 2.08. The van der Waals surface area contributed by atoms with Crippen LogP contribution in [0, 0.1) is 5.82 Å². The quantitative estimate of drug-likeness (QED) is 0.766. The first-order valence-electron chi connectivity index (χ1n) is 4.23. The third-order valence-corrected chi connectivity index (χ3v) is 1.95. The van der Waals surface area contributed by atoms with Gasteiger partial charge in [-0.25, -0.2) is 8.78 Å². The minimum atomic E-state index is -1.07. The highest BCUT2D eigenvalue weighted by molar-refractivity contribution is 5.17. The molecular formula is C10H13F2N. The fourth-order valence-corrected chi connectivity index (χ4v) is 1.10. The minimum absolute atomic E-state index is 0.309. The Morgan fingerprint density at radius 1 is 1.46 bits per heavy atom. The molecule has 3 heteroatoms. The Labute approximate surface area is 76.6 Å². The van der Waals surface area contributed by atoms with Crippen LogP contribution in [0.3, 0.4) is 0 Å². The Balaban J connectivity index is 2.64. The zero-order valence-electron chi connectivity index (χ0n) is 7.50. The Morgan fingerprint density at radius 2 is 2.15 bits per heavy atom. The Hall–Kier alpha value is -0.960. The van der Waals surface area contributed by atoms with Crippen LogP contribution in [0.1, 0.15) is 12.5 Å². The summed E-state index contributed by atoms with van der Waals surface area (Å²) in [5.74, 6) is -0.309. The van der Waals surface area contributed by atoms with Crippen molar-refractivity contribution in [3.8, 4) is 0 Å². The maximum Gasteiger partial charge on any atom is 0.123 e. The largest absolute Gasteiger partial charge is 0.325 e. The van der Waals surface area contributed by atoms with Crippen molar-refractivity contribution in [3.05, 3.63) is 35.6 Å². The average Bonchev–Trinajstić information content (AvgIpc) is 2.04. The average molecular weight is 185 g/mol. The lowest BCUT2D eigenvalue weighted by Crippen LogP contribution is -2.31. The molecule has 2 atom stereocenters. The van der Waals surface area contributed by atoms with E-state index in [9.17, 15) is 8.78 Å². The van der Waals surface area contributed by atoms with E-state index in [2.05, 4.69) is 0 Å². The second kappa shape index (κ2) is 4.33. The molecule has 0 heterocycles. The molecular weight excluding hydrogens is 172 g/mol. The van der Waals surface area contributed by atoms with Gasteiger partial charge in [0.2, 0.25) is 0 Å². The predicted octanol–water partition coefficient (Wildman–Crippen LogP) is 2.05. The van der Waals surface area contributed by atoms with Crippen molar-refractivity contribution in [1.82, 2.24) is 0 Å². The van der Waals surface area contributed by atoms with Gasteiger partial charge in [0.1, 0.15) is 12.0 Å². The summed E-state index contributed by atoms with van der Waals surface area (Å²) >= 11 is 0. The van der Waals surface area contributed by atoms with Gasteiger partial charge >= 0.3 is 0 Å². The molecule has 0 radical (unpaired) electrons. The highest BCUT2D eigenvalue weighted by atomic mass is 19.1. The molecule has 0 aliphatic carbocycles. The van der Waals surface area contributed by atoms with Crippen LogP contribution in [0.25, 0.3) is 0 Å². The molecule has 0 saturated carbocycles. The van der Waals surface area contributed by atoms with Crippen molar-refractivity contribution in [1.29, 1.82) is 0 Å². The van der Waals surface area contributed by atoms with Crippen molar-refractivity contribution in [2.75, 3.05) is 0 Å². The molecule has 1 nitrogen and oxygen atoms in total. The molecule has 72 valence electrons. The molecule has 1 rings (SSSR count). The molecule has 0 aliphatic rings. The van der Waals surface area contributed by atoms with Crippen molar-refractivity contribution >= 4 is 0 Å². The van der Waals surface area contributed by atoms with Gasteiger partial charge in [-0.2, -0.15) is 0 Å². The van der Waals surface area contributed by atoms with Crippen LogP contribution in [0.4, 0.5) is 8.78 Å². The molecule has 2 N–H and O–H groups in total. The van der Waals surface area contributed by atoms with Gasteiger partial charge < -0.3 is 5.73 Å². The van der Waals surface area contributed by atoms with Gasteiger partial charge in [-0.3, -0.25) is 0 Å². The third kappa shape index (κ3) is 3.11. The maximum atomic E-state index is 12.7. The summed E-state index contributed by atoms with van der Waals surface area (Å²) in [6, 6.07) is 5.52. The van der Waals surface area contributed by atoms with Crippen LogP contribution in [0.15, 0.2) is 24.3 Å². The summed E-state index contributed by atoms with van der Waals surface area (Å²) in [6.07, 6.45) is -0.696. The number of rotatable bonds is 3. The Bertz CT molecular complexity index is 273. The van der Waals surface area contributed by atoms with Gasteiger partial charge in [0.15, 0.2) is 0 Å². The van der Waals surface area contributed by atoms with E-state index < -0.39 is 12.2 Å². The fraction of sp³-hybridized carbons (Fsp3) is 0.400. The lowest BCUT2D eigenvalue weighted by atomic mass is 10.0. The molecule has 1 aromatic carbocycles. The normalized spacial score (nSPS) is 15.4. The summed E-state index contributed by atoms with van der Waals surface area (Å²) in [5.41, 5.74) is 6.23. The van der Waals surface area contributed by atoms with Gasteiger partial charge in [0.05, 0.1) is 0 Å².